The third-order valence-electron chi connectivity index (χ3n) is 3.86. The average molecular weight is 276 g/mol. The van der Waals surface area contributed by atoms with Gasteiger partial charge in [0.15, 0.2) is 0 Å². The summed E-state index contributed by atoms with van der Waals surface area (Å²) in [6.45, 7) is 5.38. The third kappa shape index (κ3) is 2.80. The number of piperidine rings is 1. The topological polar surface area (TPSA) is 102 Å². The molecule has 108 valence electrons. The van der Waals surface area contributed by atoms with Gasteiger partial charge in [-0.25, -0.2) is 0 Å². The summed E-state index contributed by atoms with van der Waals surface area (Å²) >= 11 is 0. The van der Waals surface area contributed by atoms with Crippen LogP contribution >= 0.6 is 0 Å². The van der Waals surface area contributed by atoms with Crippen molar-refractivity contribution in [1.29, 1.82) is 0 Å². The molecule has 0 aliphatic carbocycles. The first-order valence-corrected chi connectivity index (χ1v) is 6.62. The second kappa shape index (κ2) is 5.20. The molecule has 1 atom stereocenters. The summed E-state index contributed by atoms with van der Waals surface area (Å²) in [6.07, 6.45) is 2.18. The fraction of sp³-hybridized carbons (Fsp3) is 0.500. The van der Waals surface area contributed by atoms with Gasteiger partial charge in [0.2, 0.25) is 0 Å². The number of primary amides is 1. The van der Waals surface area contributed by atoms with Gasteiger partial charge in [-0.05, 0) is 24.0 Å². The fourth-order valence-corrected chi connectivity index (χ4v) is 2.40. The molecule has 1 saturated heterocycles. The molecule has 0 radical (unpaired) electrons. The molecule has 1 unspecified atom stereocenters. The first-order valence-electron chi connectivity index (χ1n) is 6.62. The Morgan fingerprint density at radius 3 is 2.60 bits per heavy atom. The highest BCUT2D eigenvalue weighted by Gasteiger charge is 2.35. The molecule has 0 bridgehead atoms. The summed E-state index contributed by atoms with van der Waals surface area (Å²) in [6, 6.07) is 3.15. The van der Waals surface area contributed by atoms with Crippen molar-refractivity contribution in [2.24, 2.45) is 16.9 Å². The number of hydrogen-bond donors (Lipinski definition) is 2. The van der Waals surface area contributed by atoms with E-state index < -0.39 is 5.91 Å². The van der Waals surface area contributed by atoms with Crippen LogP contribution < -0.4 is 11.5 Å². The molecule has 1 aromatic heterocycles. The maximum atomic E-state index is 12.4. The maximum Gasteiger partial charge on any atom is 0.267 e. The highest BCUT2D eigenvalue weighted by molar-refractivity contribution is 5.95. The normalized spacial score (nSPS) is 21.6. The Bertz CT molecular complexity index is 524. The largest absolute Gasteiger partial charge is 0.364 e. The summed E-state index contributed by atoms with van der Waals surface area (Å²) in [5.41, 5.74) is 11.7. The smallest absolute Gasteiger partial charge is 0.267 e. The number of carbonyl (C=O) groups excluding carboxylic acids is 2. The molecule has 2 rings (SSSR count). The van der Waals surface area contributed by atoms with E-state index in [1.54, 1.807) is 11.0 Å². The first-order chi connectivity index (χ1) is 9.31. The Morgan fingerprint density at radius 2 is 2.10 bits per heavy atom. The molecule has 2 amide bonds. The Hall–Kier alpha value is -1.95. The van der Waals surface area contributed by atoms with E-state index in [0.717, 1.165) is 6.42 Å². The van der Waals surface area contributed by atoms with Crippen molar-refractivity contribution >= 4 is 11.8 Å². The number of rotatable bonds is 2. The van der Waals surface area contributed by atoms with Gasteiger partial charge < -0.3 is 16.4 Å². The quantitative estimate of drug-likeness (QED) is 0.815. The van der Waals surface area contributed by atoms with Crippen molar-refractivity contribution < 1.29 is 9.59 Å². The highest BCUT2D eigenvalue weighted by atomic mass is 16.2. The molecule has 4 N–H and O–H groups in total. The lowest BCUT2D eigenvalue weighted by molar-refractivity contribution is 0.0532. The molecule has 20 heavy (non-hydrogen) atoms. The van der Waals surface area contributed by atoms with E-state index in [4.69, 9.17) is 11.5 Å². The Morgan fingerprint density at radius 1 is 1.40 bits per heavy atom. The van der Waals surface area contributed by atoms with Crippen LogP contribution in [0, 0.1) is 5.41 Å². The van der Waals surface area contributed by atoms with E-state index in [9.17, 15) is 9.59 Å². The lowest BCUT2D eigenvalue weighted by atomic mass is 9.79. The zero-order valence-electron chi connectivity index (χ0n) is 11.8. The lowest BCUT2D eigenvalue weighted by Crippen LogP contribution is -2.54. The number of hydrogen-bond acceptors (Lipinski definition) is 4. The van der Waals surface area contributed by atoms with Crippen molar-refractivity contribution in [3.63, 3.8) is 0 Å². The number of aromatic nitrogens is 1. The molecule has 2 heterocycles. The van der Waals surface area contributed by atoms with E-state index in [1.165, 1.54) is 12.3 Å². The molecule has 0 spiro atoms. The minimum atomic E-state index is -0.603. The second-order valence-electron chi connectivity index (χ2n) is 5.91. The van der Waals surface area contributed by atoms with Gasteiger partial charge in [0.25, 0.3) is 11.8 Å². The minimum Gasteiger partial charge on any atom is -0.364 e. The van der Waals surface area contributed by atoms with Gasteiger partial charge in [-0.1, -0.05) is 13.8 Å². The van der Waals surface area contributed by atoms with Gasteiger partial charge in [-0.2, -0.15) is 0 Å². The van der Waals surface area contributed by atoms with E-state index in [-0.39, 0.29) is 23.1 Å². The first kappa shape index (κ1) is 14.5. The zero-order chi connectivity index (χ0) is 14.9. The number of amides is 2. The Balaban J connectivity index is 2.13. The molecular weight excluding hydrogens is 256 g/mol. The van der Waals surface area contributed by atoms with Crippen LogP contribution in [-0.4, -0.2) is 40.8 Å². The van der Waals surface area contributed by atoms with E-state index in [1.807, 2.05) is 0 Å². The molecule has 1 fully saturated rings. The summed E-state index contributed by atoms with van der Waals surface area (Å²) in [7, 11) is 0. The SMILES string of the molecule is CC1(C)CN(C(=O)c2ccc(C(N)=O)nc2)CCC1N. The van der Waals surface area contributed by atoms with E-state index in [0.29, 0.717) is 18.7 Å². The van der Waals surface area contributed by atoms with Gasteiger partial charge in [0.05, 0.1) is 5.56 Å². The van der Waals surface area contributed by atoms with Crippen LogP contribution in [0.5, 0.6) is 0 Å². The Kier molecular flexibility index (Phi) is 3.76. The van der Waals surface area contributed by atoms with Crippen LogP contribution in [0.25, 0.3) is 0 Å². The number of nitrogens with zero attached hydrogens (tertiary/aromatic N) is 2. The van der Waals surface area contributed by atoms with Crippen molar-refractivity contribution in [3.8, 4) is 0 Å². The van der Waals surface area contributed by atoms with Crippen LogP contribution in [0.4, 0.5) is 0 Å². The number of likely N-dealkylation sites (tertiary alicyclic amines) is 1. The molecule has 1 aliphatic heterocycles. The molecule has 6 nitrogen and oxygen atoms in total. The van der Waals surface area contributed by atoms with E-state index >= 15 is 0 Å². The number of pyridine rings is 1. The lowest BCUT2D eigenvalue weighted by Gasteiger charge is -2.42. The van der Waals surface area contributed by atoms with E-state index in [2.05, 4.69) is 18.8 Å². The second-order valence-corrected chi connectivity index (χ2v) is 5.91. The summed E-state index contributed by atoms with van der Waals surface area (Å²) in [4.78, 5) is 29.0. The van der Waals surface area contributed by atoms with Crippen molar-refractivity contribution in [1.82, 2.24) is 9.88 Å². The Labute approximate surface area is 118 Å². The molecular formula is C14H20N4O2. The average Bonchev–Trinajstić information content (AvgIpc) is 2.41. The standard InChI is InChI=1S/C14H20N4O2/c1-14(2)8-18(6-5-11(14)15)13(20)9-3-4-10(12(16)19)17-7-9/h3-4,7,11H,5-6,8,15H2,1-2H3,(H2,16,19). The number of nitrogens with two attached hydrogens (primary N) is 2. The van der Waals surface area contributed by atoms with Crippen molar-refractivity contribution in [3.05, 3.63) is 29.6 Å². The molecule has 1 aliphatic rings. The van der Waals surface area contributed by atoms with Gasteiger partial charge >= 0.3 is 0 Å². The molecule has 0 aromatic carbocycles. The molecule has 1 aromatic rings. The van der Waals surface area contributed by atoms with Gasteiger partial charge in [0.1, 0.15) is 5.69 Å². The summed E-state index contributed by atoms with van der Waals surface area (Å²) < 4.78 is 0. The van der Waals surface area contributed by atoms with Gasteiger partial charge in [-0.15, -0.1) is 0 Å². The summed E-state index contributed by atoms with van der Waals surface area (Å²) in [5, 5.41) is 0. The van der Waals surface area contributed by atoms with Crippen LogP contribution in [0.1, 0.15) is 41.1 Å². The van der Waals surface area contributed by atoms with Crippen LogP contribution in [0.3, 0.4) is 0 Å². The minimum absolute atomic E-state index is 0.0894. The zero-order valence-corrected chi connectivity index (χ0v) is 11.8. The number of carbonyl (C=O) groups is 2. The fourth-order valence-electron chi connectivity index (χ4n) is 2.40. The maximum absolute atomic E-state index is 12.4. The van der Waals surface area contributed by atoms with Crippen molar-refractivity contribution in [2.75, 3.05) is 13.1 Å². The summed E-state index contributed by atoms with van der Waals surface area (Å²) in [5.74, 6) is -0.692. The van der Waals surface area contributed by atoms with Crippen molar-refractivity contribution in [2.45, 2.75) is 26.3 Å². The van der Waals surface area contributed by atoms with Gasteiger partial charge in [0, 0.05) is 25.3 Å². The van der Waals surface area contributed by atoms with Crippen LogP contribution in [-0.2, 0) is 0 Å². The monoisotopic (exact) mass is 276 g/mol. The highest BCUT2D eigenvalue weighted by Crippen LogP contribution is 2.28. The third-order valence-corrected chi connectivity index (χ3v) is 3.86. The van der Waals surface area contributed by atoms with Crippen LogP contribution in [0.2, 0.25) is 0 Å². The predicted molar refractivity (Wildman–Crippen MR) is 75.0 cm³/mol. The van der Waals surface area contributed by atoms with Crippen LogP contribution in [0.15, 0.2) is 18.3 Å². The molecule has 6 heteroatoms. The molecule has 0 saturated carbocycles. The predicted octanol–water partition coefficient (Wildman–Crippen LogP) is 0.380. The van der Waals surface area contributed by atoms with Gasteiger partial charge in [-0.3, -0.25) is 14.6 Å².